The van der Waals surface area contributed by atoms with Gasteiger partial charge in [0.05, 0.1) is 0 Å². The van der Waals surface area contributed by atoms with Crippen LogP contribution in [0, 0.1) is 10.8 Å². The van der Waals surface area contributed by atoms with Gasteiger partial charge in [0, 0.05) is 0 Å². The zero-order valence-electron chi connectivity index (χ0n) is 7.41. The number of hydrogen-bond donors (Lipinski definition) is 1. The summed E-state index contributed by atoms with van der Waals surface area (Å²) in [7, 11) is 0. The first-order chi connectivity index (χ1) is 4.47. The highest BCUT2D eigenvalue weighted by Gasteiger charge is 2.38. The van der Waals surface area contributed by atoms with Gasteiger partial charge in [-0.05, 0) is 36.6 Å². The van der Waals surface area contributed by atoms with Crippen LogP contribution in [0.1, 0.15) is 40.0 Å². The Balaban J connectivity index is 2.57. The molecule has 2 N–H and O–H groups in total. The predicted molar refractivity (Wildman–Crippen MR) is 44.8 cm³/mol. The minimum absolute atomic E-state index is 0.448. The number of nitrogens with two attached hydrogens (primary N) is 1. The van der Waals surface area contributed by atoms with Gasteiger partial charge in [0.15, 0.2) is 0 Å². The summed E-state index contributed by atoms with van der Waals surface area (Å²) < 4.78 is 0. The summed E-state index contributed by atoms with van der Waals surface area (Å²) >= 11 is 0. The lowest BCUT2D eigenvalue weighted by Crippen LogP contribution is -2.24. The lowest BCUT2D eigenvalue weighted by Gasteiger charge is -2.24. The molecular formula is C9H19N. The van der Waals surface area contributed by atoms with Crippen molar-refractivity contribution in [3.05, 3.63) is 0 Å². The average molecular weight is 141 g/mol. The molecule has 10 heavy (non-hydrogen) atoms. The van der Waals surface area contributed by atoms with E-state index in [0.29, 0.717) is 10.8 Å². The van der Waals surface area contributed by atoms with Crippen LogP contribution in [0.2, 0.25) is 0 Å². The minimum Gasteiger partial charge on any atom is -0.330 e. The Morgan fingerprint density at radius 2 is 1.80 bits per heavy atom. The smallest absolute Gasteiger partial charge is 0.00230 e. The summed E-state index contributed by atoms with van der Waals surface area (Å²) in [5, 5.41) is 0. The monoisotopic (exact) mass is 141 g/mol. The molecule has 0 saturated heterocycles. The van der Waals surface area contributed by atoms with Crippen LogP contribution in [-0.4, -0.2) is 6.54 Å². The van der Waals surface area contributed by atoms with E-state index >= 15 is 0 Å². The Labute approximate surface area is 64.0 Å². The molecule has 1 aliphatic carbocycles. The highest BCUT2D eigenvalue weighted by molar-refractivity contribution is 4.90. The molecule has 0 heterocycles. The van der Waals surface area contributed by atoms with Gasteiger partial charge in [0.2, 0.25) is 0 Å². The molecule has 0 aromatic rings. The molecule has 0 aromatic heterocycles. The second-order valence-corrected chi connectivity index (χ2v) is 4.86. The highest BCUT2D eigenvalue weighted by Crippen LogP contribution is 2.47. The van der Waals surface area contributed by atoms with Crippen LogP contribution in [0.25, 0.3) is 0 Å². The summed E-state index contributed by atoms with van der Waals surface area (Å²) in [5.41, 5.74) is 6.69. The topological polar surface area (TPSA) is 26.0 Å². The zero-order valence-corrected chi connectivity index (χ0v) is 7.41. The van der Waals surface area contributed by atoms with Gasteiger partial charge in [-0.3, -0.25) is 0 Å². The van der Waals surface area contributed by atoms with E-state index in [4.69, 9.17) is 5.73 Å². The largest absolute Gasteiger partial charge is 0.330 e. The van der Waals surface area contributed by atoms with Crippen LogP contribution >= 0.6 is 0 Å². The van der Waals surface area contributed by atoms with E-state index in [0.717, 1.165) is 6.54 Å². The van der Waals surface area contributed by atoms with E-state index in [9.17, 15) is 0 Å². The molecule has 1 saturated carbocycles. The van der Waals surface area contributed by atoms with Crippen LogP contribution in [0.3, 0.4) is 0 Å². The SMILES string of the molecule is CC1(C)CC[C@](C)(CN)C1. The number of hydrogen-bond acceptors (Lipinski definition) is 1. The van der Waals surface area contributed by atoms with Gasteiger partial charge in [-0.15, -0.1) is 0 Å². The average Bonchev–Trinajstić information content (AvgIpc) is 2.08. The summed E-state index contributed by atoms with van der Waals surface area (Å²) in [6.45, 7) is 7.85. The molecule has 0 radical (unpaired) electrons. The van der Waals surface area contributed by atoms with Crippen molar-refractivity contribution in [3.8, 4) is 0 Å². The molecule has 60 valence electrons. The van der Waals surface area contributed by atoms with Gasteiger partial charge >= 0.3 is 0 Å². The third-order valence-corrected chi connectivity index (χ3v) is 2.80. The molecule has 0 spiro atoms. The van der Waals surface area contributed by atoms with Crippen LogP contribution in [-0.2, 0) is 0 Å². The molecule has 1 rings (SSSR count). The lowest BCUT2D eigenvalue weighted by atomic mass is 9.83. The standard InChI is InChI=1S/C9H19N/c1-8(2)4-5-9(3,6-8)7-10/h4-7,10H2,1-3H3/t9-/m0/s1. The molecule has 0 aliphatic heterocycles. The van der Waals surface area contributed by atoms with Crippen LogP contribution < -0.4 is 5.73 Å². The summed E-state index contributed by atoms with van der Waals surface area (Å²) in [5.74, 6) is 0. The second-order valence-electron chi connectivity index (χ2n) is 4.86. The normalized spacial score (nSPS) is 38.4. The summed E-state index contributed by atoms with van der Waals surface area (Å²) in [6, 6.07) is 0. The fourth-order valence-corrected chi connectivity index (χ4v) is 2.15. The van der Waals surface area contributed by atoms with E-state index in [-0.39, 0.29) is 0 Å². The molecule has 1 aliphatic rings. The maximum atomic E-state index is 5.69. The molecule has 0 amide bonds. The Morgan fingerprint density at radius 3 is 2.00 bits per heavy atom. The van der Waals surface area contributed by atoms with E-state index < -0.39 is 0 Å². The van der Waals surface area contributed by atoms with Crippen molar-refractivity contribution >= 4 is 0 Å². The summed E-state index contributed by atoms with van der Waals surface area (Å²) in [6.07, 6.45) is 3.97. The van der Waals surface area contributed by atoms with Crippen molar-refractivity contribution in [3.63, 3.8) is 0 Å². The van der Waals surface area contributed by atoms with E-state index in [1.165, 1.54) is 19.3 Å². The molecule has 1 atom stereocenters. The van der Waals surface area contributed by atoms with Crippen molar-refractivity contribution in [2.75, 3.05) is 6.54 Å². The van der Waals surface area contributed by atoms with Crippen LogP contribution in [0.4, 0.5) is 0 Å². The second kappa shape index (κ2) is 2.23. The van der Waals surface area contributed by atoms with Crippen molar-refractivity contribution in [1.82, 2.24) is 0 Å². The lowest BCUT2D eigenvalue weighted by molar-refractivity contribution is 0.288. The molecular weight excluding hydrogens is 122 g/mol. The first kappa shape index (κ1) is 8.06. The first-order valence-electron chi connectivity index (χ1n) is 4.18. The Morgan fingerprint density at radius 1 is 1.20 bits per heavy atom. The molecule has 0 unspecified atom stereocenters. The third kappa shape index (κ3) is 1.51. The predicted octanol–water partition coefficient (Wildman–Crippen LogP) is 2.16. The first-order valence-corrected chi connectivity index (χ1v) is 4.18. The fraction of sp³-hybridized carbons (Fsp3) is 1.00. The Hall–Kier alpha value is -0.0400. The highest BCUT2D eigenvalue weighted by atomic mass is 14.6. The van der Waals surface area contributed by atoms with Gasteiger partial charge in [0.25, 0.3) is 0 Å². The zero-order chi connectivity index (χ0) is 7.83. The third-order valence-electron chi connectivity index (χ3n) is 2.80. The van der Waals surface area contributed by atoms with E-state index in [2.05, 4.69) is 20.8 Å². The molecule has 1 fully saturated rings. The van der Waals surface area contributed by atoms with Gasteiger partial charge in [-0.25, -0.2) is 0 Å². The maximum absolute atomic E-state index is 5.69. The molecule has 1 heteroatoms. The molecule has 0 aromatic carbocycles. The van der Waals surface area contributed by atoms with E-state index in [1.54, 1.807) is 0 Å². The van der Waals surface area contributed by atoms with Gasteiger partial charge < -0.3 is 5.73 Å². The summed E-state index contributed by atoms with van der Waals surface area (Å²) in [4.78, 5) is 0. The van der Waals surface area contributed by atoms with Gasteiger partial charge in [-0.2, -0.15) is 0 Å². The van der Waals surface area contributed by atoms with Crippen LogP contribution in [0.15, 0.2) is 0 Å². The van der Waals surface area contributed by atoms with Crippen molar-refractivity contribution in [2.24, 2.45) is 16.6 Å². The van der Waals surface area contributed by atoms with E-state index in [1.807, 2.05) is 0 Å². The van der Waals surface area contributed by atoms with Gasteiger partial charge in [0.1, 0.15) is 0 Å². The molecule has 0 bridgehead atoms. The number of rotatable bonds is 1. The quantitative estimate of drug-likeness (QED) is 0.595. The van der Waals surface area contributed by atoms with Crippen molar-refractivity contribution in [1.29, 1.82) is 0 Å². The minimum atomic E-state index is 0.448. The maximum Gasteiger partial charge on any atom is -0.00230 e. The van der Waals surface area contributed by atoms with Crippen LogP contribution in [0.5, 0.6) is 0 Å². The fourth-order valence-electron chi connectivity index (χ4n) is 2.15. The Bertz CT molecular complexity index is 129. The molecule has 1 nitrogen and oxygen atoms in total. The van der Waals surface area contributed by atoms with Crippen molar-refractivity contribution < 1.29 is 0 Å². The van der Waals surface area contributed by atoms with Crippen molar-refractivity contribution in [2.45, 2.75) is 40.0 Å². The van der Waals surface area contributed by atoms with Gasteiger partial charge in [-0.1, -0.05) is 20.8 Å². The Kier molecular flexibility index (Phi) is 1.80.